The van der Waals surface area contributed by atoms with E-state index < -0.39 is 0 Å². The third-order valence-corrected chi connectivity index (χ3v) is 4.52. The summed E-state index contributed by atoms with van der Waals surface area (Å²) in [5.74, 6) is 1.21. The third-order valence-electron chi connectivity index (χ3n) is 4.27. The SMILES string of the molecule is Cn1cc(-c2nc3c4cccc(C5CC5)c4nc(Cl)n3n2)cn1. The van der Waals surface area contributed by atoms with Gasteiger partial charge in [-0.2, -0.15) is 9.61 Å². The van der Waals surface area contributed by atoms with Crippen molar-refractivity contribution in [1.82, 2.24) is 29.4 Å². The monoisotopic (exact) mass is 324 g/mol. The lowest BCUT2D eigenvalue weighted by molar-refractivity contribution is 0.768. The molecule has 0 spiro atoms. The molecular formula is C16H13ClN6. The average Bonchev–Trinajstić information content (AvgIpc) is 3.12. The van der Waals surface area contributed by atoms with Gasteiger partial charge in [0, 0.05) is 18.6 Å². The van der Waals surface area contributed by atoms with Gasteiger partial charge >= 0.3 is 0 Å². The Bertz CT molecular complexity index is 1060. The topological polar surface area (TPSA) is 60.9 Å². The van der Waals surface area contributed by atoms with Crippen molar-refractivity contribution in [2.75, 3.05) is 0 Å². The van der Waals surface area contributed by atoms with E-state index >= 15 is 0 Å². The molecule has 114 valence electrons. The number of rotatable bonds is 2. The van der Waals surface area contributed by atoms with E-state index in [2.05, 4.69) is 32.3 Å². The van der Waals surface area contributed by atoms with E-state index in [9.17, 15) is 0 Å². The van der Waals surface area contributed by atoms with Crippen molar-refractivity contribution in [1.29, 1.82) is 0 Å². The van der Waals surface area contributed by atoms with Crippen LogP contribution in [0.25, 0.3) is 27.9 Å². The third kappa shape index (κ3) is 1.95. The zero-order valence-corrected chi connectivity index (χ0v) is 13.2. The second kappa shape index (κ2) is 4.52. The fourth-order valence-electron chi connectivity index (χ4n) is 3.00. The van der Waals surface area contributed by atoms with Gasteiger partial charge in [0.2, 0.25) is 5.28 Å². The number of para-hydroxylation sites is 1. The van der Waals surface area contributed by atoms with Crippen LogP contribution in [0.4, 0.5) is 0 Å². The number of aromatic nitrogens is 6. The molecule has 3 heterocycles. The van der Waals surface area contributed by atoms with Gasteiger partial charge in [0.15, 0.2) is 11.5 Å². The van der Waals surface area contributed by atoms with Crippen LogP contribution in [0.2, 0.25) is 5.28 Å². The zero-order chi connectivity index (χ0) is 15.6. The molecule has 0 saturated heterocycles. The molecule has 23 heavy (non-hydrogen) atoms. The van der Waals surface area contributed by atoms with Gasteiger partial charge in [0.25, 0.3) is 0 Å². The van der Waals surface area contributed by atoms with E-state index in [0.717, 1.165) is 22.1 Å². The predicted octanol–water partition coefficient (Wildman–Crippen LogP) is 3.21. The first-order chi connectivity index (χ1) is 11.2. The van der Waals surface area contributed by atoms with Gasteiger partial charge in [-0.25, -0.2) is 9.97 Å². The molecule has 0 bridgehead atoms. The second-order valence-electron chi connectivity index (χ2n) is 5.97. The summed E-state index contributed by atoms with van der Waals surface area (Å²) in [5, 5.41) is 9.99. The van der Waals surface area contributed by atoms with Gasteiger partial charge in [-0.05, 0) is 42.0 Å². The predicted molar refractivity (Wildman–Crippen MR) is 87.5 cm³/mol. The number of hydrogen-bond donors (Lipinski definition) is 0. The molecule has 0 atom stereocenters. The van der Waals surface area contributed by atoms with Gasteiger partial charge in [0.05, 0.1) is 17.3 Å². The summed E-state index contributed by atoms with van der Waals surface area (Å²) in [7, 11) is 1.87. The number of hydrogen-bond acceptors (Lipinski definition) is 4. The minimum atomic E-state index is 0.336. The van der Waals surface area contributed by atoms with Crippen molar-refractivity contribution in [2.45, 2.75) is 18.8 Å². The normalized spacial score (nSPS) is 14.9. The fraction of sp³-hybridized carbons (Fsp3) is 0.250. The first-order valence-corrected chi connectivity index (χ1v) is 7.92. The van der Waals surface area contributed by atoms with E-state index in [-0.39, 0.29) is 0 Å². The number of aryl methyl sites for hydroxylation is 1. The van der Waals surface area contributed by atoms with Gasteiger partial charge < -0.3 is 0 Å². The van der Waals surface area contributed by atoms with Crippen molar-refractivity contribution < 1.29 is 0 Å². The molecule has 0 unspecified atom stereocenters. The van der Waals surface area contributed by atoms with Crippen LogP contribution >= 0.6 is 11.6 Å². The van der Waals surface area contributed by atoms with Gasteiger partial charge in [-0.15, -0.1) is 5.10 Å². The van der Waals surface area contributed by atoms with Gasteiger partial charge in [0.1, 0.15) is 0 Å². The molecule has 3 aromatic heterocycles. The highest BCUT2D eigenvalue weighted by Gasteiger charge is 2.27. The summed E-state index contributed by atoms with van der Waals surface area (Å²) >= 11 is 6.37. The zero-order valence-electron chi connectivity index (χ0n) is 12.4. The van der Waals surface area contributed by atoms with Crippen molar-refractivity contribution in [2.24, 2.45) is 7.05 Å². The van der Waals surface area contributed by atoms with Crippen LogP contribution in [0.3, 0.4) is 0 Å². The Morgan fingerprint density at radius 1 is 1.22 bits per heavy atom. The summed E-state index contributed by atoms with van der Waals surface area (Å²) in [6, 6.07) is 6.23. The van der Waals surface area contributed by atoms with Gasteiger partial charge in [-0.3, -0.25) is 4.68 Å². The molecule has 7 heteroatoms. The molecule has 1 aliphatic carbocycles. The van der Waals surface area contributed by atoms with Crippen molar-refractivity contribution in [3.8, 4) is 11.4 Å². The highest BCUT2D eigenvalue weighted by molar-refractivity contribution is 6.29. The quantitative estimate of drug-likeness (QED) is 0.531. The largest absolute Gasteiger partial charge is 0.275 e. The Morgan fingerprint density at radius 2 is 2.09 bits per heavy atom. The second-order valence-corrected chi connectivity index (χ2v) is 6.31. The Hall–Kier alpha value is -2.47. The van der Waals surface area contributed by atoms with Crippen LogP contribution in [0, 0.1) is 0 Å². The summed E-state index contributed by atoms with van der Waals surface area (Å²) in [5.41, 5.74) is 3.80. The first kappa shape index (κ1) is 13.0. The van der Waals surface area contributed by atoms with Crippen molar-refractivity contribution in [3.63, 3.8) is 0 Å². The molecule has 0 radical (unpaired) electrons. The van der Waals surface area contributed by atoms with Crippen LogP contribution in [0.15, 0.2) is 30.6 Å². The maximum absolute atomic E-state index is 6.37. The molecule has 0 amide bonds. The smallest absolute Gasteiger partial charge is 0.226 e. The van der Waals surface area contributed by atoms with Gasteiger partial charge in [-0.1, -0.05) is 12.1 Å². The molecule has 1 aromatic carbocycles. The average molecular weight is 325 g/mol. The summed E-state index contributed by atoms with van der Waals surface area (Å²) < 4.78 is 3.33. The lowest BCUT2D eigenvalue weighted by atomic mass is 10.1. The molecule has 0 aliphatic heterocycles. The van der Waals surface area contributed by atoms with Crippen LogP contribution in [-0.4, -0.2) is 29.4 Å². The summed E-state index contributed by atoms with van der Waals surface area (Å²) in [6.45, 7) is 0. The van der Waals surface area contributed by atoms with E-state index in [1.165, 1.54) is 18.4 Å². The minimum Gasteiger partial charge on any atom is -0.275 e. The Morgan fingerprint density at radius 3 is 2.83 bits per heavy atom. The molecule has 1 aliphatic rings. The number of nitrogens with zero attached hydrogens (tertiary/aromatic N) is 6. The van der Waals surface area contributed by atoms with Crippen molar-refractivity contribution in [3.05, 3.63) is 41.4 Å². The molecule has 5 rings (SSSR count). The molecule has 1 saturated carbocycles. The molecular weight excluding hydrogens is 312 g/mol. The highest BCUT2D eigenvalue weighted by Crippen LogP contribution is 2.43. The van der Waals surface area contributed by atoms with E-state index in [4.69, 9.17) is 11.6 Å². The van der Waals surface area contributed by atoms with E-state index in [1.807, 2.05) is 19.3 Å². The van der Waals surface area contributed by atoms with Crippen molar-refractivity contribution >= 4 is 28.2 Å². The van der Waals surface area contributed by atoms with Crippen LogP contribution in [0.5, 0.6) is 0 Å². The number of benzene rings is 1. The van der Waals surface area contributed by atoms with Crippen LogP contribution in [-0.2, 0) is 7.05 Å². The summed E-state index contributed by atoms with van der Waals surface area (Å²) in [6.07, 6.45) is 6.07. The van der Waals surface area contributed by atoms with Crippen LogP contribution < -0.4 is 0 Å². The number of fused-ring (bicyclic) bond motifs is 3. The van der Waals surface area contributed by atoms with Crippen LogP contribution in [0.1, 0.15) is 24.3 Å². The molecule has 1 fully saturated rings. The molecule has 6 nitrogen and oxygen atoms in total. The standard InChI is InChI=1S/C16H13ClN6/c1-22-8-10(7-18-22)14-20-15-12-4-2-3-11(9-5-6-9)13(12)19-16(17)23(15)21-14/h2-4,7-9H,5-6H2,1H3. The minimum absolute atomic E-state index is 0.336. The maximum Gasteiger partial charge on any atom is 0.226 e. The first-order valence-electron chi connectivity index (χ1n) is 7.54. The summed E-state index contributed by atoms with van der Waals surface area (Å²) in [4.78, 5) is 9.26. The Kier molecular flexibility index (Phi) is 2.56. The van der Waals surface area contributed by atoms with E-state index in [1.54, 1.807) is 15.4 Å². The fourth-order valence-corrected chi connectivity index (χ4v) is 3.21. The lowest BCUT2D eigenvalue weighted by Gasteiger charge is -2.05. The molecule has 0 N–H and O–H groups in total. The number of halogens is 1. The highest BCUT2D eigenvalue weighted by atomic mass is 35.5. The Balaban J connectivity index is 1.82. The Labute approximate surface area is 136 Å². The molecule has 4 aromatic rings. The lowest BCUT2D eigenvalue weighted by Crippen LogP contribution is -1.97. The van der Waals surface area contributed by atoms with E-state index in [0.29, 0.717) is 17.0 Å². The maximum atomic E-state index is 6.37.